The third kappa shape index (κ3) is 2.62. The molecule has 0 radical (unpaired) electrons. The summed E-state index contributed by atoms with van der Waals surface area (Å²) < 4.78 is 0. The smallest absolute Gasteiger partial charge is 0.165 e. The minimum Gasteiger partial charge on any atom is -0.299 e. The summed E-state index contributed by atoms with van der Waals surface area (Å²) in [7, 11) is 0. The van der Waals surface area contributed by atoms with Crippen LogP contribution in [0.15, 0.2) is 29.2 Å². The van der Waals surface area contributed by atoms with E-state index in [0.29, 0.717) is 18.6 Å². The highest BCUT2D eigenvalue weighted by Gasteiger charge is 2.35. The van der Waals surface area contributed by atoms with Gasteiger partial charge in [-0.05, 0) is 18.9 Å². The Morgan fingerprint density at radius 2 is 1.89 bits per heavy atom. The standard InChI is InChI=1S/C16H18O2S/c17-13-8-3-1-2-6-11(13)16-10-14(18)12-7-4-5-9-15(12)19-16/h4-5,7,9,11,16H,1-3,6,8,10H2. The Bertz CT molecular complexity index is 509. The Hall–Kier alpha value is -1.09. The lowest BCUT2D eigenvalue weighted by Gasteiger charge is -2.28. The molecule has 1 aromatic rings. The van der Waals surface area contributed by atoms with Crippen LogP contribution in [-0.2, 0) is 4.79 Å². The van der Waals surface area contributed by atoms with Crippen molar-refractivity contribution < 1.29 is 9.59 Å². The van der Waals surface area contributed by atoms with Gasteiger partial charge >= 0.3 is 0 Å². The molecule has 2 atom stereocenters. The van der Waals surface area contributed by atoms with E-state index in [1.54, 1.807) is 11.8 Å². The number of hydrogen-bond donors (Lipinski definition) is 0. The van der Waals surface area contributed by atoms with Crippen LogP contribution in [-0.4, -0.2) is 16.8 Å². The van der Waals surface area contributed by atoms with E-state index < -0.39 is 0 Å². The van der Waals surface area contributed by atoms with Crippen molar-refractivity contribution in [2.75, 3.05) is 0 Å². The van der Waals surface area contributed by atoms with Crippen LogP contribution in [0.25, 0.3) is 0 Å². The first kappa shape index (κ1) is 12.9. The fraction of sp³-hybridized carbons (Fsp3) is 0.500. The summed E-state index contributed by atoms with van der Waals surface area (Å²) in [5.41, 5.74) is 0.838. The van der Waals surface area contributed by atoms with Gasteiger partial charge in [-0.25, -0.2) is 0 Å². The van der Waals surface area contributed by atoms with Crippen LogP contribution < -0.4 is 0 Å². The molecule has 1 fully saturated rings. The lowest BCUT2D eigenvalue weighted by Crippen LogP contribution is -2.30. The van der Waals surface area contributed by atoms with E-state index in [2.05, 4.69) is 0 Å². The number of carbonyl (C=O) groups is 2. The zero-order chi connectivity index (χ0) is 13.2. The molecular formula is C16H18O2S. The van der Waals surface area contributed by atoms with Gasteiger partial charge in [0.25, 0.3) is 0 Å². The number of thioether (sulfide) groups is 1. The van der Waals surface area contributed by atoms with Gasteiger partial charge in [0.15, 0.2) is 5.78 Å². The van der Waals surface area contributed by atoms with E-state index >= 15 is 0 Å². The van der Waals surface area contributed by atoms with Crippen molar-refractivity contribution >= 4 is 23.3 Å². The third-order valence-corrected chi connectivity index (χ3v) is 5.56. The molecule has 0 N–H and O–H groups in total. The van der Waals surface area contributed by atoms with Gasteiger partial charge in [0.1, 0.15) is 5.78 Å². The van der Waals surface area contributed by atoms with Crippen LogP contribution in [0, 0.1) is 5.92 Å². The zero-order valence-electron chi connectivity index (χ0n) is 10.9. The Morgan fingerprint density at radius 1 is 1.05 bits per heavy atom. The van der Waals surface area contributed by atoms with Crippen LogP contribution in [0.4, 0.5) is 0 Å². The van der Waals surface area contributed by atoms with Crippen LogP contribution in [0.3, 0.4) is 0 Å². The predicted octanol–water partition coefficient (Wildman–Crippen LogP) is 3.88. The highest BCUT2D eigenvalue weighted by molar-refractivity contribution is 8.00. The number of rotatable bonds is 1. The average Bonchev–Trinajstić information content (AvgIpc) is 2.63. The van der Waals surface area contributed by atoms with Crippen LogP contribution >= 0.6 is 11.8 Å². The summed E-state index contributed by atoms with van der Waals surface area (Å²) in [4.78, 5) is 25.5. The van der Waals surface area contributed by atoms with Crippen molar-refractivity contribution in [3.05, 3.63) is 29.8 Å². The number of Topliss-reactive ketones (excluding diaryl/α,β-unsaturated/α-hetero) is 2. The molecule has 1 aliphatic carbocycles. The van der Waals surface area contributed by atoms with Crippen molar-refractivity contribution in [2.45, 2.75) is 48.7 Å². The Kier molecular flexibility index (Phi) is 3.74. The minimum atomic E-state index is 0.0878. The molecule has 0 bridgehead atoms. The second-order valence-electron chi connectivity index (χ2n) is 5.45. The first-order valence-corrected chi connectivity index (χ1v) is 7.95. The second kappa shape index (κ2) is 5.49. The first-order valence-electron chi connectivity index (χ1n) is 7.07. The highest BCUT2D eigenvalue weighted by Crippen LogP contribution is 2.41. The summed E-state index contributed by atoms with van der Waals surface area (Å²) in [6.45, 7) is 0. The maximum atomic E-state index is 12.2. The van der Waals surface area contributed by atoms with Gasteiger partial charge in [0, 0.05) is 34.5 Å². The van der Waals surface area contributed by atoms with Gasteiger partial charge in [-0.1, -0.05) is 31.0 Å². The van der Waals surface area contributed by atoms with Gasteiger partial charge in [-0.3, -0.25) is 9.59 Å². The number of benzene rings is 1. The molecular weight excluding hydrogens is 256 g/mol. The topological polar surface area (TPSA) is 34.1 Å². The van der Waals surface area contributed by atoms with E-state index in [0.717, 1.165) is 36.1 Å². The molecule has 0 amide bonds. The van der Waals surface area contributed by atoms with Crippen LogP contribution in [0.5, 0.6) is 0 Å². The van der Waals surface area contributed by atoms with Crippen molar-refractivity contribution in [1.82, 2.24) is 0 Å². The monoisotopic (exact) mass is 274 g/mol. The van der Waals surface area contributed by atoms with Crippen molar-refractivity contribution in [3.8, 4) is 0 Å². The minimum absolute atomic E-state index is 0.0878. The summed E-state index contributed by atoms with van der Waals surface area (Å²) in [5, 5.41) is 0.160. The Balaban J connectivity index is 1.84. The summed E-state index contributed by atoms with van der Waals surface area (Å²) >= 11 is 1.74. The molecule has 1 saturated carbocycles. The number of fused-ring (bicyclic) bond motifs is 1. The molecule has 0 spiro atoms. The molecule has 1 aromatic carbocycles. The normalized spacial score (nSPS) is 27.8. The fourth-order valence-corrected chi connectivity index (χ4v) is 4.58. The Morgan fingerprint density at radius 3 is 2.79 bits per heavy atom. The number of hydrogen-bond acceptors (Lipinski definition) is 3. The molecule has 0 aromatic heterocycles. The molecule has 3 heteroatoms. The predicted molar refractivity (Wildman–Crippen MR) is 76.6 cm³/mol. The third-order valence-electron chi connectivity index (χ3n) is 4.15. The molecule has 100 valence electrons. The summed E-state index contributed by atoms with van der Waals surface area (Å²) in [6.07, 6.45) is 5.51. The van der Waals surface area contributed by atoms with Gasteiger partial charge in [-0.15, -0.1) is 11.8 Å². The van der Waals surface area contributed by atoms with E-state index in [4.69, 9.17) is 0 Å². The maximum Gasteiger partial charge on any atom is 0.165 e. The lowest BCUT2D eigenvalue weighted by molar-refractivity contribution is -0.122. The van der Waals surface area contributed by atoms with E-state index in [1.165, 1.54) is 0 Å². The van der Waals surface area contributed by atoms with Crippen molar-refractivity contribution in [1.29, 1.82) is 0 Å². The quantitative estimate of drug-likeness (QED) is 0.729. The maximum absolute atomic E-state index is 12.2. The molecule has 1 heterocycles. The molecule has 2 unspecified atom stereocenters. The number of ketones is 2. The largest absolute Gasteiger partial charge is 0.299 e. The molecule has 1 aliphatic heterocycles. The van der Waals surface area contributed by atoms with E-state index in [9.17, 15) is 9.59 Å². The zero-order valence-corrected chi connectivity index (χ0v) is 11.7. The van der Waals surface area contributed by atoms with Gasteiger partial charge in [-0.2, -0.15) is 0 Å². The molecule has 19 heavy (non-hydrogen) atoms. The van der Waals surface area contributed by atoms with Crippen LogP contribution in [0.1, 0.15) is 48.9 Å². The fourth-order valence-electron chi connectivity index (χ4n) is 3.10. The van der Waals surface area contributed by atoms with Gasteiger partial charge in [0.2, 0.25) is 0 Å². The molecule has 3 rings (SSSR count). The van der Waals surface area contributed by atoms with E-state index in [1.807, 2.05) is 24.3 Å². The summed E-state index contributed by atoms with van der Waals surface area (Å²) in [5.74, 6) is 0.670. The van der Waals surface area contributed by atoms with Crippen LogP contribution in [0.2, 0.25) is 0 Å². The molecule has 2 aliphatic rings. The molecule has 0 saturated heterocycles. The Labute approximate surface area is 118 Å². The van der Waals surface area contributed by atoms with Gasteiger partial charge in [0.05, 0.1) is 0 Å². The average molecular weight is 274 g/mol. The van der Waals surface area contributed by atoms with Gasteiger partial charge < -0.3 is 0 Å². The first-order chi connectivity index (χ1) is 9.25. The lowest BCUT2D eigenvalue weighted by atomic mass is 9.90. The summed E-state index contributed by atoms with van der Waals surface area (Å²) in [6, 6.07) is 7.78. The number of carbonyl (C=O) groups excluding carboxylic acids is 2. The highest BCUT2D eigenvalue weighted by atomic mass is 32.2. The van der Waals surface area contributed by atoms with Crippen molar-refractivity contribution in [2.24, 2.45) is 5.92 Å². The molecule has 2 nitrogen and oxygen atoms in total. The van der Waals surface area contributed by atoms with Crippen molar-refractivity contribution in [3.63, 3.8) is 0 Å². The van der Waals surface area contributed by atoms with E-state index in [-0.39, 0.29) is 17.0 Å². The second-order valence-corrected chi connectivity index (χ2v) is 6.73. The SMILES string of the molecule is O=C1CC(C2CCCCCC2=O)Sc2ccccc21.